The van der Waals surface area contributed by atoms with Crippen LogP contribution >= 0.6 is 15.9 Å². The largest absolute Gasteiger partial charge is 0.497 e. The molecule has 0 unspecified atom stereocenters. The molecule has 0 saturated heterocycles. The average molecular weight is 337 g/mol. The summed E-state index contributed by atoms with van der Waals surface area (Å²) in [6.45, 7) is 1.25. The lowest BCUT2D eigenvalue weighted by molar-refractivity contribution is 0.247. The van der Waals surface area contributed by atoms with Gasteiger partial charge >= 0.3 is 0 Å². The van der Waals surface area contributed by atoms with Gasteiger partial charge in [-0.2, -0.15) is 0 Å². The van der Waals surface area contributed by atoms with Gasteiger partial charge in [0.2, 0.25) is 0 Å². The summed E-state index contributed by atoms with van der Waals surface area (Å²) >= 11 is 3.39. The van der Waals surface area contributed by atoms with Gasteiger partial charge in [-0.25, -0.2) is 0 Å². The molecule has 2 aromatic carbocycles. The zero-order valence-corrected chi connectivity index (χ0v) is 12.9. The Morgan fingerprint density at radius 3 is 2.20 bits per heavy atom. The molecule has 0 aliphatic carbocycles. The second-order valence-electron chi connectivity index (χ2n) is 4.18. The maximum absolute atomic E-state index is 5.64. The predicted octanol–water partition coefficient (Wildman–Crippen LogP) is 4.31. The van der Waals surface area contributed by atoms with Crippen molar-refractivity contribution in [2.24, 2.45) is 0 Å². The van der Waals surface area contributed by atoms with Gasteiger partial charge in [0.05, 0.1) is 20.3 Å². The van der Waals surface area contributed by atoms with E-state index in [2.05, 4.69) is 15.9 Å². The third-order valence-corrected chi connectivity index (χ3v) is 3.21. The van der Waals surface area contributed by atoms with E-state index in [9.17, 15) is 0 Å². The summed E-state index contributed by atoms with van der Waals surface area (Å²) < 4.78 is 17.4. The van der Waals surface area contributed by atoms with Crippen LogP contribution < -0.4 is 14.2 Å². The van der Waals surface area contributed by atoms with E-state index in [1.807, 2.05) is 48.5 Å². The SMILES string of the molecule is COc1cccc(OCCCOc2ccc(Br)cc2)c1. The van der Waals surface area contributed by atoms with Gasteiger partial charge in [-0.15, -0.1) is 0 Å². The van der Waals surface area contributed by atoms with E-state index in [4.69, 9.17) is 14.2 Å². The summed E-state index contributed by atoms with van der Waals surface area (Å²) in [6, 6.07) is 15.4. The molecule has 0 aliphatic heterocycles. The Balaban J connectivity index is 1.67. The highest BCUT2D eigenvalue weighted by Crippen LogP contribution is 2.19. The molecule has 2 rings (SSSR count). The molecule has 0 N–H and O–H groups in total. The molecule has 2 aromatic rings. The van der Waals surface area contributed by atoms with E-state index < -0.39 is 0 Å². The highest BCUT2D eigenvalue weighted by atomic mass is 79.9. The minimum absolute atomic E-state index is 0.615. The maximum atomic E-state index is 5.64. The van der Waals surface area contributed by atoms with Crippen molar-refractivity contribution >= 4 is 15.9 Å². The van der Waals surface area contributed by atoms with Gasteiger partial charge in [-0.1, -0.05) is 22.0 Å². The normalized spacial score (nSPS) is 10.1. The highest BCUT2D eigenvalue weighted by molar-refractivity contribution is 9.10. The van der Waals surface area contributed by atoms with Crippen molar-refractivity contribution in [2.75, 3.05) is 20.3 Å². The molecule has 0 bridgehead atoms. The first-order chi connectivity index (χ1) is 9.78. The molecule has 0 amide bonds. The number of benzene rings is 2. The van der Waals surface area contributed by atoms with E-state index in [1.165, 1.54) is 0 Å². The van der Waals surface area contributed by atoms with Crippen molar-refractivity contribution in [2.45, 2.75) is 6.42 Å². The first kappa shape index (κ1) is 14.7. The smallest absolute Gasteiger partial charge is 0.122 e. The number of rotatable bonds is 7. The monoisotopic (exact) mass is 336 g/mol. The number of ether oxygens (including phenoxy) is 3. The molecule has 0 radical (unpaired) electrons. The van der Waals surface area contributed by atoms with Crippen LogP contribution in [-0.4, -0.2) is 20.3 Å². The first-order valence-electron chi connectivity index (χ1n) is 6.43. The highest BCUT2D eigenvalue weighted by Gasteiger charge is 1.97. The Hall–Kier alpha value is -1.68. The van der Waals surface area contributed by atoms with Gasteiger partial charge in [-0.3, -0.25) is 0 Å². The number of hydrogen-bond donors (Lipinski definition) is 0. The fraction of sp³-hybridized carbons (Fsp3) is 0.250. The van der Waals surface area contributed by atoms with Crippen molar-refractivity contribution in [3.8, 4) is 17.2 Å². The molecule has 0 aromatic heterocycles. The molecular weight excluding hydrogens is 320 g/mol. The summed E-state index contributed by atoms with van der Waals surface area (Å²) in [4.78, 5) is 0. The van der Waals surface area contributed by atoms with Crippen LogP contribution in [0.5, 0.6) is 17.2 Å². The van der Waals surface area contributed by atoms with Gasteiger partial charge in [0, 0.05) is 17.0 Å². The number of methoxy groups -OCH3 is 1. The van der Waals surface area contributed by atoms with E-state index in [-0.39, 0.29) is 0 Å². The Kier molecular flexibility index (Phi) is 5.74. The standard InChI is InChI=1S/C16H17BrO3/c1-18-15-4-2-5-16(12-15)20-11-3-10-19-14-8-6-13(17)7-9-14/h2,4-9,12H,3,10-11H2,1H3. The van der Waals surface area contributed by atoms with Crippen LogP contribution in [0, 0.1) is 0 Å². The Labute approximate surface area is 127 Å². The van der Waals surface area contributed by atoms with E-state index in [0.29, 0.717) is 13.2 Å². The summed E-state index contributed by atoms with van der Waals surface area (Å²) in [6.07, 6.45) is 0.827. The minimum atomic E-state index is 0.615. The third kappa shape index (κ3) is 4.78. The van der Waals surface area contributed by atoms with Crippen molar-refractivity contribution < 1.29 is 14.2 Å². The lowest BCUT2D eigenvalue weighted by atomic mass is 10.3. The minimum Gasteiger partial charge on any atom is -0.497 e. The quantitative estimate of drug-likeness (QED) is 0.705. The fourth-order valence-electron chi connectivity index (χ4n) is 1.66. The lowest BCUT2D eigenvalue weighted by Crippen LogP contribution is -2.05. The topological polar surface area (TPSA) is 27.7 Å². The molecule has 0 heterocycles. The molecule has 4 heteroatoms. The van der Waals surface area contributed by atoms with Crippen molar-refractivity contribution in [1.29, 1.82) is 0 Å². The predicted molar refractivity (Wildman–Crippen MR) is 82.7 cm³/mol. The van der Waals surface area contributed by atoms with Crippen LogP contribution in [0.2, 0.25) is 0 Å². The average Bonchev–Trinajstić information content (AvgIpc) is 2.49. The second kappa shape index (κ2) is 7.80. The van der Waals surface area contributed by atoms with Crippen molar-refractivity contribution in [3.05, 3.63) is 53.0 Å². The molecule has 0 saturated carbocycles. The second-order valence-corrected chi connectivity index (χ2v) is 5.10. The van der Waals surface area contributed by atoms with Crippen LogP contribution in [0.1, 0.15) is 6.42 Å². The zero-order valence-electron chi connectivity index (χ0n) is 11.3. The first-order valence-corrected chi connectivity index (χ1v) is 7.22. The molecule has 0 fully saturated rings. The molecule has 20 heavy (non-hydrogen) atoms. The molecule has 0 spiro atoms. The van der Waals surface area contributed by atoms with Gasteiger partial charge in [0.15, 0.2) is 0 Å². The summed E-state index contributed by atoms with van der Waals surface area (Å²) in [7, 11) is 1.64. The van der Waals surface area contributed by atoms with Gasteiger partial charge in [-0.05, 0) is 36.4 Å². The van der Waals surface area contributed by atoms with Gasteiger partial charge in [0.25, 0.3) is 0 Å². The number of hydrogen-bond acceptors (Lipinski definition) is 3. The van der Waals surface area contributed by atoms with E-state index in [0.717, 1.165) is 28.1 Å². The zero-order chi connectivity index (χ0) is 14.2. The maximum Gasteiger partial charge on any atom is 0.122 e. The van der Waals surface area contributed by atoms with Crippen LogP contribution in [0.3, 0.4) is 0 Å². The van der Waals surface area contributed by atoms with Crippen LogP contribution in [0.4, 0.5) is 0 Å². The summed E-state index contributed by atoms with van der Waals surface area (Å²) in [5.74, 6) is 2.48. The van der Waals surface area contributed by atoms with Crippen molar-refractivity contribution in [1.82, 2.24) is 0 Å². The third-order valence-electron chi connectivity index (χ3n) is 2.68. The van der Waals surface area contributed by atoms with E-state index >= 15 is 0 Å². The Morgan fingerprint density at radius 2 is 1.50 bits per heavy atom. The molecular formula is C16H17BrO3. The number of halogens is 1. The molecule has 0 atom stereocenters. The lowest BCUT2D eigenvalue weighted by Gasteiger charge is -2.09. The summed E-state index contributed by atoms with van der Waals surface area (Å²) in [5, 5.41) is 0. The van der Waals surface area contributed by atoms with Crippen LogP contribution in [0.25, 0.3) is 0 Å². The Bertz CT molecular complexity index is 526. The van der Waals surface area contributed by atoms with Crippen LogP contribution in [0.15, 0.2) is 53.0 Å². The molecule has 106 valence electrons. The summed E-state index contributed by atoms with van der Waals surface area (Å²) in [5.41, 5.74) is 0. The van der Waals surface area contributed by atoms with Gasteiger partial charge in [0.1, 0.15) is 17.2 Å². The Morgan fingerprint density at radius 1 is 0.850 bits per heavy atom. The van der Waals surface area contributed by atoms with Crippen molar-refractivity contribution in [3.63, 3.8) is 0 Å². The van der Waals surface area contributed by atoms with Gasteiger partial charge < -0.3 is 14.2 Å². The molecule has 0 aliphatic rings. The van der Waals surface area contributed by atoms with E-state index in [1.54, 1.807) is 7.11 Å². The fourth-order valence-corrected chi connectivity index (χ4v) is 1.93. The van der Waals surface area contributed by atoms with Crippen LogP contribution in [-0.2, 0) is 0 Å². The molecule has 3 nitrogen and oxygen atoms in total.